The van der Waals surface area contributed by atoms with Gasteiger partial charge in [0.2, 0.25) is 5.95 Å². The molecule has 0 atom stereocenters. The normalized spacial score (nSPS) is 13.2. The van der Waals surface area contributed by atoms with Gasteiger partial charge in [0.05, 0.1) is 27.7 Å². The number of hydrogen-bond acceptors (Lipinski definition) is 9. The highest BCUT2D eigenvalue weighted by Crippen LogP contribution is 2.27. The quantitative estimate of drug-likeness (QED) is 0.568. The summed E-state index contributed by atoms with van der Waals surface area (Å²) in [5.74, 6) is 0.266. The molecule has 0 radical (unpaired) electrons. The van der Waals surface area contributed by atoms with E-state index in [1.807, 2.05) is 4.90 Å². The Morgan fingerprint density at radius 1 is 1.10 bits per heavy atom. The number of rotatable bonds is 6. The van der Waals surface area contributed by atoms with Crippen LogP contribution in [0.2, 0.25) is 0 Å². The molecule has 1 amide bonds. The van der Waals surface area contributed by atoms with Crippen LogP contribution in [0, 0.1) is 20.2 Å². The number of nitrogens with zero attached hydrogens (tertiary/aromatic N) is 6. The summed E-state index contributed by atoms with van der Waals surface area (Å²) in [5, 5.41) is 24.7. The highest BCUT2D eigenvalue weighted by Gasteiger charge is 2.22. The molecular weight excluding hydrogens is 382 g/mol. The van der Waals surface area contributed by atoms with Crippen molar-refractivity contribution in [2.24, 2.45) is 0 Å². The molecule has 29 heavy (non-hydrogen) atoms. The summed E-state index contributed by atoms with van der Waals surface area (Å²) in [6, 6.07) is 2.77. The van der Waals surface area contributed by atoms with Gasteiger partial charge in [-0.2, -0.15) is 4.98 Å². The number of amides is 1. The van der Waals surface area contributed by atoms with Gasteiger partial charge >= 0.3 is 0 Å². The van der Waals surface area contributed by atoms with Crippen molar-refractivity contribution in [3.63, 3.8) is 0 Å². The van der Waals surface area contributed by atoms with Gasteiger partial charge in [0.1, 0.15) is 5.69 Å². The monoisotopic (exact) mass is 401 g/mol. The molecule has 1 aliphatic rings. The molecule has 0 aliphatic carbocycles. The van der Waals surface area contributed by atoms with E-state index in [1.54, 1.807) is 19.0 Å². The van der Waals surface area contributed by atoms with Gasteiger partial charge in [0, 0.05) is 39.3 Å². The third kappa shape index (κ3) is 4.36. The van der Waals surface area contributed by atoms with Crippen LogP contribution in [0.3, 0.4) is 0 Å². The van der Waals surface area contributed by atoms with Crippen LogP contribution in [0.25, 0.3) is 0 Å². The van der Waals surface area contributed by atoms with Gasteiger partial charge in [-0.25, -0.2) is 4.98 Å². The topological polar surface area (TPSA) is 148 Å². The van der Waals surface area contributed by atoms with Crippen molar-refractivity contribution in [2.75, 3.05) is 42.3 Å². The van der Waals surface area contributed by atoms with E-state index in [-0.39, 0.29) is 11.3 Å². The third-order valence-electron chi connectivity index (χ3n) is 4.40. The van der Waals surface area contributed by atoms with E-state index in [0.717, 1.165) is 44.1 Å². The Morgan fingerprint density at radius 2 is 1.69 bits per heavy atom. The first-order valence-corrected chi connectivity index (χ1v) is 8.81. The van der Waals surface area contributed by atoms with E-state index in [4.69, 9.17) is 0 Å². The number of carbonyl (C=O) groups is 1. The minimum atomic E-state index is -0.789. The average molecular weight is 401 g/mol. The summed E-state index contributed by atoms with van der Waals surface area (Å²) in [4.78, 5) is 45.7. The summed E-state index contributed by atoms with van der Waals surface area (Å²) >= 11 is 0. The fraction of sp³-hybridized carbons (Fsp3) is 0.353. The van der Waals surface area contributed by atoms with E-state index in [0.29, 0.717) is 11.8 Å². The predicted molar refractivity (Wildman–Crippen MR) is 106 cm³/mol. The van der Waals surface area contributed by atoms with Crippen LogP contribution in [0.4, 0.5) is 28.8 Å². The summed E-state index contributed by atoms with van der Waals surface area (Å²) in [7, 11) is 3.51. The molecule has 1 N–H and O–H groups in total. The lowest BCUT2D eigenvalue weighted by molar-refractivity contribution is -0.394. The lowest BCUT2D eigenvalue weighted by atomic mass is 10.1. The minimum absolute atomic E-state index is 0.209. The van der Waals surface area contributed by atoms with Crippen LogP contribution in [0.15, 0.2) is 24.4 Å². The van der Waals surface area contributed by atoms with Crippen LogP contribution in [0.5, 0.6) is 0 Å². The minimum Gasteiger partial charge on any atom is -0.361 e. The summed E-state index contributed by atoms with van der Waals surface area (Å²) in [5.41, 5.74) is -1.01. The Balaban J connectivity index is 1.92. The molecule has 1 aromatic carbocycles. The zero-order chi connectivity index (χ0) is 21.1. The maximum absolute atomic E-state index is 12.6. The first-order valence-electron chi connectivity index (χ1n) is 8.81. The molecule has 0 bridgehead atoms. The Bertz CT molecular complexity index is 940. The average Bonchev–Trinajstić information content (AvgIpc) is 3.22. The van der Waals surface area contributed by atoms with Gasteiger partial charge in [0.25, 0.3) is 17.3 Å². The Labute approximate surface area is 165 Å². The SMILES string of the molecule is CN(C)c1nc(N2CCCC2)ncc1NC(=O)c1cc([N+](=O)[O-])cc([N+](=O)[O-])c1. The van der Waals surface area contributed by atoms with E-state index in [2.05, 4.69) is 15.3 Å². The Hall–Kier alpha value is -3.83. The smallest absolute Gasteiger partial charge is 0.277 e. The number of nitrogens with one attached hydrogen (secondary N) is 1. The van der Waals surface area contributed by atoms with Crippen molar-refractivity contribution >= 4 is 34.7 Å². The van der Waals surface area contributed by atoms with E-state index in [1.165, 1.54) is 6.20 Å². The molecular formula is C17H19N7O5. The molecule has 0 saturated carbocycles. The van der Waals surface area contributed by atoms with Gasteiger partial charge in [-0.3, -0.25) is 25.0 Å². The number of anilines is 3. The molecule has 0 spiro atoms. The molecule has 12 heteroatoms. The lowest BCUT2D eigenvalue weighted by Crippen LogP contribution is -2.23. The van der Waals surface area contributed by atoms with Crippen molar-refractivity contribution in [3.05, 3.63) is 50.2 Å². The number of benzene rings is 1. The fourth-order valence-electron chi connectivity index (χ4n) is 2.99. The first kappa shape index (κ1) is 19.9. The predicted octanol–water partition coefficient (Wildman–Crippen LogP) is 2.21. The van der Waals surface area contributed by atoms with Crippen LogP contribution in [-0.4, -0.2) is 52.9 Å². The molecule has 12 nitrogen and oxygen atoms in total. The maximum atomic E-state index is 12.6. The molecule has 1 aliphatic heterocycles. The Kier molecular flexibility index (Phi) is 5.52. The molecule has 2 aromatic rings. The zero-order valence-electron chi connectivity index (χ0n) is 15.9. The van der Waals surface area contributed by atoms with Crippen LogP contribution in [0.1, 0.15) is 23.2 Å². The van der Waals surface area contributed by atoms with Crippen molar-refractivity contribution < 1.29 is 14.6 Å². The van der Waals surface area contributed by atoms with E-state index in [9.17, 15) is 25.0 Å². The highest BCUT2D eigenvalue weighted by atomic mass is 16.6. The molecule has 1 aromatic heterocycles. The van der Waals surface area contributed by atoms with Crippen LogP contribution < -0.4 is 15.1 Å². The van der Waals surface area contributed by atoms with E-state index >= 15 is 0 Å². The second-order valence-electron chi connectivity index (χ2n) is 6.70. The number of hydrogen-bond donors (Lipinski definition) is 1. The number of nitro groups is 2. The molecule has 1 fully saturated rings. The Morgan fingerprint density at radius 3 is 2.21 bits per heavy atom. The van der Waals surface area contributed by atoms with Crippen molar-refractivity contribution in [2.45, 2.75) is 12.8 Å². The first-order chi connectivity index (χ1) is 13.8. The number of nitro benzene ring substituents is 2. The van der Waals surface area contributed by atoms with Gasteiger partial charge < -0.3 is 15.1 Å². The van der Waals surface area contributed by atoms with Crippen LogP contribution >= 0.6 is 0 Å². The zero-order valence-corrected chi connectivity index (χ0v) is 15.9. The maximum Gasteiger partial charge on any atom is 0.277 e. The summed E-state index contributed by atoms with van der Waals surface area (Å²) in [6.07, 6.45) is 3.58. The number of non-ortho nitro benzene ring substituents is 2. The van der Waals surface area contributed by atoms with Crippen LogP contribution in [-0.2, 0) is 0 Å². The van der Waals surface area contributed by atoms with Crippen molar-refractivity contribution in [3.8, 4) is 0 Å². The summed E-state index contributed by atoms with van der Waals surface area (Å²) in [6.45, 7) is 1.71. The lowest BCUT2D eigenvalue weighted by Gasteiger charge is -2.21. The van der Waals surface area contributed by atoms with Gasteiger partial charge in [-0.1, -0.05) is 0 Å². The third-order valence-corrected chi connectivity index (χ3v) is 4.40. The molecule has 2 heterocycles. The second-order valence-corrected chi connectivity index (χ2v) is 6.70. The molecule has 152 valence electrons. The largest absolute Gasteiger partial charge is 0.361 e. The number of aromatic nitrogens is 2. The second kappa shape index (κ2) is 8.04. The van der Waals surface area contributed by atoms with Gasteiger partial charge in [-0.05, 0) is 12.8 Å². The fourth-order valence-corrected chi connectivity index (χ4v) is 2.99. The highest BCUT2D eigenvalue weighted by molar-refractivity contribution is 6.06. The van der Waals surface area contributed by atoms with Gasteiger partial charge in [-0.15, -0.1) is 0 Å². The van der Waals surface area contributed by atoms with Crippen molar-refractivity contribution in [1.82, 2.24) is 9.97 Å². The van der Waals surface area contributed by atoms with Crippen molar-refractivity contribution in [1.29, 1.82) is 0 Å². The van der Waals surface area contributed by atoms with Gasteiger partial charge in [0.15, 0.2) is 5.82 Å². The molecule has 1 saturated heterocycles. The number of carbonyl (C=O) groups excluding carboxylic acids is 1. The molecule has 0 unspecified atom stereocenters. The molecule has 3 rings (SSSR count). The summed E-state index contributed by atoms with van der Waals surface area (Å²) < 4.78 is 0. The standard InChI is InChI=1S/C17H19N7O5/c1-21(2)15-14(10-18-17(20-15)22-5-3-4-6-22)19-16(25)11-7-12(23(26)27)9-13(8-11)24(28)29/h7-10H,3-6H2,1-2H3,(H,19,25). The van der Waals surface area contributed by atoms with E-state index < -0.39 is 27.1 Å².